The molecule has 108 valence electrons. The number of benzene rings is 1. The van der Waals surface area contributed by atoms with E-state index in [1.165, 1.54) is 18.2 Å². The SMILES string of the molecule is CN(C)C1CCN(c2ccc(F)cc2C=CC(=O)O)C1. The minimum Gasteiger partial charge on any atom is -0.478 e. The van der Waals surface area contributed by atoms with Gasteiger partial charge in [0.25, 0.3) is 0 Å². The number of rotatable bonds is 4. The van der Waals surface area contributed by atoms with E-state index in [1.807, 2.05) is 14.1 Å². The van der Waals surface area contributed by atoms with Crippen molar-refractivity contribution in [3.8, 4) is 0 Å². The van der Waals surface area contributed by atoms with Crippen LogP contribution in [0.3, 0.4) is 0 Å². The van der Waals surface area contributed by atoms with Crippen molar-refractivity contribution in [3.05, 3.63) is 35.7 Å². The number of carboxylic acids is 1. The molecule has 1 unspecified atom stereocenters. The second kappa shape index (κ2) is 6.05. The monoisotopic (exact) mass is 278 g/mol. The third kappa shape index (κ3) is 3.36. The zero-order valence-electron chi connectivity index (χ0n) is 11.7. The van der Waals surface area contributed by atoms with Gasteiger partial charge in [0.2, 0.25) is 0 Å². The predicted molar refractivity (Wildman–Crippen MR) is 77.4 cm³/mol. The van der Waals surface area contributed by atoms with E-state index in [-0.39, 0.29) is 5.82 Å². The number of carboxylic acid groups (broad SMARTS) is 1. The molecule has 1 saturated heterocycles. The van der Waals surface area contributed by atoms with Gasteiger partial charge in [-0.15, -0.1) is 0 Å². The smallest absolute Gasteiger partial charge is 0.328 e. The first-order valence-electron chi connectivity index (χ1n) is 6.59. The molecule has 1 aromatic carbocycles. The van der Waals surface area contributed by atoms with Crippen molar-refractivity contribution in [3.63, 3.8) is 0 Å². The molecular weight excluding hydrogens is 259 g/mol. The third-order valence-corrected chi connectivity index (χ3v) is 3.63. The van der Waals surface area contributed by atoms with Gasteiger partial charge in [0, 0.05) is 36.5 Å². The lowest BCUT2D eigenvalue weighted by molar-refractivity contribution is -0.131. The number of likely N-dealkylation sites (N-methyl/N-ethyl adjacent to an activating group) is 1. The Morgan fingerprint density at radius 3 is 2.85 bits per heavy atom. The first-order valence-corrected chi connectivity index (χ1v) is 6.59. The highest BCUT2D eigenvalue weighted by Crippen LogP contribution is 2.27. The van der Waals surface area contributed by atoms with Gasteiger partial charge in [-0.1, -0.05) is 0 Å². The fourth-order valence-electron chi connectivity index (χ4n) is 2.49. The van der Waals surface area contributed by atoms with Gasteiger partial charge < -0.3 is 14.9 Å². The van der Waals surface area contributed by atoms with Crippen LogP contribution in [0.2, 0.25) is 0 Å². The number of halogens is 1. The van der Waals surface area contributed by atoms with Crippen LogP contribution in [-0.4, -0.2) is 49.2 Å². The van der Waals surface area contributed by atoms with Crippen LogP contribution >= 0.6 is 0 Å². The summed E-state index contributed by atoms with van der Waals surface area (Å²) in [6.45, 7) is 1.76. The van der Waals surface area contributed by atoms with Gasteiger partial charge in [-0.3, -0.25) is 0 Å². The molecule has 1 atom stereocenters. The van der Waals surface area contributed by atoms with Crippen molar-refractivity contribution >= 4 is 17.7 Å². The summed E-state index contributed by atoms with van der Waals surface area (Å²) in [5.41, 5.74) is 1.49. The zero-order chi connectivity index (χ0) is 14.7. The number of nitrogens with zero attached hydrogens (tertiary/aromatic N) is 2. The van der Waals surface area contributed by atoms with Gasteiger partial charge in [-0.25, -0.2) is 9.18 Å². The van der Waals surface area contributed by atoms with Gasteiger partial charge in [-0.05, 0) is 44.8 Å². The van der Waals surface area contributed by atoms with E-state index in [4.69, 9.17) is 5.11 Å². The van der Waals surface area contributed by atoms with Gasteiger partial charge in [0.1, 0.15) is 5.82 Å². The van der Waals surface area contributed by atoms with Gasteiger partial charge in [0.05, 0.1) is 0 Å². The molecule has 1 aromatic rings. The quantitative estimate of drug-likeness (QED) is 0.856. The minimum atomic E-state index is -1.03. The Morgan fingerprint density at radius 2 is 2.25 bits per heavy atom. The van der Waals surface area contributed by atoms with Crippen molar-refractivity contribution in [2.45, 2.75) is 12.5 Å². The number of hydrogen-bond acceptors (Lipinski definition) is 3. The summed E-state index contributed by atoms with van der Waals surface area (Å²) in [6.07, 6.45) is 3.54. The number of anilines is 1. The Morgan fingerprint density at radius 1 is 1.50 bits per heavy atom. The van der Waals surface area contributed by atoms with Crippen molar-refractivity contribution in [2.75, 3.05) is 32.1 Å². The van der Waals surface area contributed by atoms with E-state index in [9.17, 15) is 9.18 Å². The molecule has 1 aliphatic heterocycles. The van der Waals surface area contributed by atoms with Crippen molar-refractivity contribution in [1.82, 2.24) is 4.90 Å². The van der Waals surface area contributed by atoms with E-state index in [0.717, 1.165) is 31.3 Å². The summed E-state index contributed by atoms with van der Waals surface area (Å²) in [6, 6.07) is 4.97. The molecule has 1 aliphatic rings. The molecule has 0 saturated carbocycles. The van der Waals surface area contributed by atoms with Crippen LogP contribution in [0.1, 0.15) is 12.0 Å². The minimum absolute atomic E-state index is 0.359. The van der Waals surface area contributed by atoms with Crippen LogP contribution in [0.4, 0.5) is 10.1 Å². The first kappa shape index (κ1) is 14.5. The number of carbonyl (C=O) groups is 1. The fourth-order valence-corrected chi connectivity index (χ4v) is 2.49. The normalized spacial score (nSPS) is 19.2. The van der Waals surface area contributed by atoms with E-state index >= 15 is 0 Å². The first-order chi connectivity index (χ1) is 9.47. The second-order valence-corrected chi connectivity index (χ2v) is 5.23. The lowest BCUT2D eigenvalue weighted by Crippen LogP contribution is -2.31. The Hall–Kier alpha value is -1.88. The average molecular weight is 278 g/mol. The van der Waals surface area contributed by atoms with Crippen LogP contribution in [0.25, 0.3) is 6.08 Å². The highest BCUT2D eigenvalue weighted by Gasteiger charge is 2.25. The fraction of sp³-hybridized carbons (Fsp3) is 0.400. The van der Waals surface area contributed by atoms with Crippen molar-refractivity contribution in [1.29, 1.82) is 0 Å². The number of aliphatic carboxylic acids is 1. The molecule has 2 rings (SSSR count). The molecule has 20 heavy (non-hydrogen) atoms. The molecule has 0 aliphatic carbocycles. The van der Waals surface area contributed by atoms with Crippen LogP contribution in [0.5, 0.6) is 0 Å². The summed E-state index contributed by atoms with van der Waals surface area (Å²) in [7, 11) is 4.09. The van der Waals surface area contributed by atoms with Crippen LogP contribution in [0.15, 0.2) is 24.3 Å². The Balaban J connectivity index is 2.25. The van der Waals surface area contributed by atoms with Gasteiger partial charge in [0.15, 0.2) is 0 Å². The molecule has 1 heterocycles. The van der Waals surface area contributed by atoms with E-state index in [2.05, 4.69) is 9.80 Å². The summed E-state index contributed by atoms with van der Waals surface area (Å²) in [5.74, 6) is -1.39. The summed E-state index contributed by atoms with van der Waals surface area (Å²) in [5, 5.41) is 8.71. The summed E-state index contributed by atoms with van der Waals surface area (Å²) >= 11 is 0. The predicted octanol–water partition coefficient (Wildman–Crippen LogP) is 2.06. The molecule has 0 spiro atoms. The molecule has 1 N–H and O–H groups in total. The van der Waals surface area contributed by atoms with Crippen LogP contribution < -0.4 is 4.90 Å². The lowest BCUT2D eigenvalue weighted by atomic mass is 10.1. The van der Waals surface area contributed by atoms with Crippen LogP contribution in [0, 0.1) is 5.82 Å². The van der Waals surface area contributed by atoms with E-state index in [1.54, 1.807) is 6.07 Å². The Kier molecular flexibility index (Phi) is 4.39. The van der Waals surface area contributed by atoms with Gasteiger partial charge >= 0.3 is 5.97 Å². The Bertz CT molecular complexity index is 529. The largest absolute Gasteiger partial charge is 0.478 e. The molecule has 0 radical (unpaired) electrons. The molecule has 0 bridgehead atoms. The molecule has 0 aromatic heterocycles. The van der Waals surface area contributed by atoms with E-state index < -0.39 is 5.97 Å². The molecule has 1 fully saturated rings. The van der Waals surface area contributed by atoms with Crippen molar-refractivity contribution < 1.29 is 14.3 Å². The highest BCUT2D eigenvalue weighted by molar-refractivity contribution is 5.87. The summed E-state index contributed by atoms with van der Waals surface area (Å²) < 4.78 is 13.4. The second-order valence-electron chi connectivity index (χ2n) is 5.23. The van der Waals surface area contributed by atoms with Gasteiger partial charge in [-0.2, -0.15) is 0 Å². The number of hydrogen-bond donors (Lipinski definition) is 1. The molecule has 0 amide bonds. The maximum Gasteiger partial charge on any atom is 0.328 e. The standard InChI is InChI=1S/C15H19FN2O2/c1-17(2)13-7-8-18(10-13)14-5-4-12(16)9-11(14)3-6-15(19)20/h3-6,9,13H,7-8,10H2,1-2H3,(H,19,20). The highest BCUT2D eigenvalue weighted by atomic mass is 19.1. The lowest BCUT2D eigenvalue weighted by Gasteiger charge is -2.23. The third-order valence-electron chi connectivity index (χ3n) is 3.63. The zero-order valence-corrected chi connectivity index (χ0v) is 11.7. The van der Waals surface area contributed by atoms with Crippen LogP contribution in [-0.2, 0) is 4.79 Å². The summed E-state index contributed by atoms with van der Waals surface area (Å²) in [4.78, 5) is 15.0. The molecule has 5 heteroatoms. The topological polar surface area (TPSA) is 43.8 Å². The Labute approximate surface area is 118 Å². The average Bonchev–Trinajstić information content (AvgIpc) is 2.86. The van der Waals surface area contributed by atoms with E-state index in [0.29, 0.717) is 11.6 Å². The molecular formula is C15H19FN2O2. The van der Waals surface area contributed by atoms with Crippen molar-refractivity contribution in [2.24, 2.45) is 0 Å². The molecule has 4 nitrogen and oxygen atoms in total. The maximum atomic E-state index is 13.4. The maximum absolute atomic E-state index is 13.4.